The molecule has 0 unspecified atom stereocenters. The number of hydrogen-bond acceptors (Lipinski definition) is 5. The molecular formula is C12H13NO5. The van der Waals surface area contributed by atoms with Crippen LogP contribution >= 0.6 is 0 Å². The van der Waals surface area contributed by atoms with E-state index in [1.165, 1.54) is 24.3 Å². The lowest BCUT2D eigenvalue weighted by Crippen LogP contribution is -2.17. The summed E-state index contributed by atoms with van der Waals surface area (Å²) in [5.41, 5.74) is 0.254. The molecule has 1 aliphatic rings. The van der Waals surface area contributed by atoms with Crippen molar-refractivity contribution >= 4 is 11.7 Å². The van der Waals surface area contributed by atoms with E-state index in [2.05, 4.69) is 0 Å². The van der Waals surface area contributed by atoms with Crippen LogP contribution in [0.25, 0.3) is 0 Å². The highest BCUT2D eigenvalue weighted by atomic mass is 16.6. The van der Waals surface area contributed by atoms with Gasteiger partial charge >= 0.3 is 5.97 Å². The topological polar surface area (TPSA) is 78.7 Å². The zero-order valence-electron chi connectivity index (χ0n) is 9.70. The molecule has 1 heterocycles. The van der Waals surface area contributed by atoms with Crippen molar-refractivity contribution < 1.29 is 19.2 Å². The van der Waals surface area contributed by atoms with Gasteiger partial charge in [0.05, 0.1) is 16.6 Å². The first-order valence-electron chi connectivity index (χ1n) is 5.70. The van der Waals surface area contributed by atoms with Crippen LogP contribution in [-0.2, 0) is 9.47 Å². The zero-order valence-corrected chi connectivity index (χ0v) is 9.70. The summed E-state index contributed by atoms with van der Waals surface area (Å²) in [6, 6.07) is 5.33. The maximum atomic E-state index is 11.6. The van der Waals surface area contributed by atoms with E-state index in [1.54, 1.807) is 0 Å². The SMILES string of the molecule is O=C(OC[C@@H]1CCCO1)c1ccc([N+](=O)[O-])cc1. The van der Waals surface area contributed by atoms with Crippen LogP contribution in [0.2, 0.25) is 0 Å². The molecule has 6 heteroatoms. The van der Waals surface area contributed by atoms with Crippen molar-refractivity contribution in [2.75, 3.05) is 13.2 Å². The van der Waals surface area contributed by atoms with E-state index in [9.17, 15) is 14.9 Å². The lowest BCUT2D eigenvalue weighted by Gasteiger charge is -2.09. The Morgan fingerprint density at radius 3 is 2.72 bits per heavy atom. The summed E-state index contributed by atoms with van der Waals surface area (Å²) in [7, 11) is 0. The molecule has 96 valence electrons. The van der Waals surface area contributed by atoms with E-state index >= 15 is 0 Å². The van der Waals surface area contributed by atoms with Gasteiger partial charge in [-0.25, -0.2) is 4.79 Å². The monoisotopic (exact) mass is 251 g/mol. The van der Waals surface area contributed by atoms with Gasteiger partial charge in [-0.3, -0.25) is 10.1 Å². The molecule has 0 aromatic heterocycles. The Bertz CT molecular complexity index is 436. The minimum atomic E-state index is -0.512. The van der Waals surface area contributed by atoms with Gasteiger partial charge in [-0.1, -0.05) is 0 Å². The van der Waals surface area contributed by atoms with Gasteiger partial charge in [0, 0.05) is 18.7 Å². The van der Waals surface area contributed by atoms with Crippen LogP contribution in [0.5, 0.6) is 0 Å². The number of nitro benzene ring substituents is 1. The molecule has 0 spiro atoms. The molecular weight excluding hydrogens is 238 g/mol. The summed E-state index contributed by atoms with van der Waals surface area (Å²) >= 11 is 0. The second-order valence-electron chi connectivity index (χ2n) is 4.04. The Morgan fingerprint density at radius 1 is 1.44 bits per heavy atom. The first kappa shape index (κ1) is 12.5. The average Bonchev–Trinajstić information content (AvgIpc) is 2.89. The maximum absolute atomic E-state index is 11.6. The summed E-state index contributed by atoms with van der Waals surface area (Å²) < 4.78 is 10.4. The number of rotatable bonds is 4. The van der Waals surface area contributed by atoms with Crippen molar-refractivity contribution in [3.8, 4) is 0 Å². The number of non-ortho nitro benzene ring substituents is 1. The normalized spacial score (nSPS) is 18.6. The third-order valence-corrected chi connectivity index (χ3v) is 2.74. The van der Waals surface area contributed by atoms with Crippen LogP contribution in [0, 0.1) is 10.1 Å². The molecule has 0 saturated carbocycles. The Morgan fingerprint density at radius 2 is 2.17 bits per heavy atom. The minimum absolute atomic E-state index is 0.0213. The van der Waals surface area contributed by atoms with Crippen LogP contribution in [0.3, 0.4) is 0 Å². The second kappa shape index (κ2) is 5.59. The first-order valence-corrected chi connectivity index (χ1v) is 5.70. The Labute approximate surface area is 104 Å². The minimum Gasteiger partial charge on any atom is -0.459 e. The van der Waals surface area contributed by atoms with Gasteiger partial charge in [-0.2, -0.15) is 0 Å². The largest absolute Gasteiger partial charge is 0.459 e. The van der Waals surface area contributed by atoms with E-state index in [1.807, 2.05) is 0 Å². The molecule has 0 amide bonds. The smallest absolute Gasteiger partial charge is 0.338 e. The van der Waals surface area contributed by atoms with Gasteiger partial charge < -0.3 is 9.47 Å². The van der Waals surface area contributed by atoms with Gasteiger partial charge in [0.2, 0.25) is 0 Å². The molecule has 0 bridgehead atoms. The molecule has 2 rings (SSSR count). The van der Waals surface area contributed by atoms with Crippen LogP contribution in [0.15, 0.2) is 24.3 Å². The zero-order chi connectivity index (χ0) is 13.0. The summed E-state index contributed by atoms with van der Waals surface area (Å²) in [5, 5.41) is 10.5. The van der Waals surface area contributed by atoms with Crippen LogP contribution < -0.4 is 0 Å². The van der Waals surface area contributed by atoms with Gasteiger partial charge in [0.1, 0.15) is 6.61 Å². The lowest BCUT2D eigenvalue weighted by molar-refractivity contribution is -0.384. The number of nitro groups is 1. The number of esters is 1. The van der Waals surface area contributed by atoms with Gasteiger partial charge in [-0.15, -0.1) is 0 Å². The first-order chi connectivity index (χ1) is 8.66. The fourth-order valence-corrected chi connectivity index (χ4v) is 1.75. The molecule has 0 radical (unpaired) electrons. The van der Waals surface area contributed by atoms with Crippen molar-refractivity contribution in [3.63, 3.8) is 0 Å². The number of carbonyl (C=O) groups excluding carboxylic acids is 1. The number of hydrogen-bond donors (Lipinski definition) is 0. The second-order valence-corrected chi connectivity index (χ2v) is 4.04. The molecule has 18 heavy (non-hydrogen) atoms. The summed E-state index contributed by atoms with van der Waals surface area (Å²) in [6.07, 6.45) is 1.86. The highest BCUT2D eigenvalue weighted by molar-refractivity contribution is 5.89. The molecule has 1 aliphatic heterocycles. The van der Waals surface area contributed by atoms with Gasteiger partial charge in [-0.05, 0) is 25.0 Å². The van der Waals surface area contributed by atoms with Crippen molar-refractivity contribution in [2.24, 2.45) is 0 Å². The molecule has 1 atom stereocenters. The van der Waals surface area contributed by atoms with Gasteiger partial charge in [0.25, 0.3) is 5.69 Å². The van der Waals surface area contributed by atoms with Crippen molar-refractivity contribution in [2.45, 2.75) is 18.9 Å². The fourth-order valence-electron chi connectivity index (χ4n) is 1.75. The van der Waals surface area contributed by atoms with E-state index < -0.39 is 10.9 Å². The van der Waals surface area contributed by atoms with Crippen LogP contribution in [0.1, 0.15) is 23.2 Å². The number of carbonyl (C=O) groups is 1. The predicted octanol–water partition coefficient (Wildman–Crippen LogP) is 1.93. The number of ether oxygens (including phenoxy) is 2. The molecule has 0 aliphatic carbocycles. The van der Waals surface area contributed by atoms with E-state index in [4.69, 9.17) is 9.47 Å². The molecule has 1 aromatic rings. The van der Waals surface area contributed by atoms with E-state index in [0.29, 0.717) is 12.2 Å². The van der Waals surface area contributed by atoms with Gasteiger partial charge in [0.15, 0.2) is 0 Å². The van der Waals surface area contributed by atoms with Crippen molar-refractivity contribution in [1.29, 1.82) is 0 Å². The quantitative estimate of drug-likeness (QED) is 0.464. The third-order valence-electron chi connectivity index (χ3n) is 2.74. The summed E-state index contributed by atoms with van der Waals surface area (Å²) in [6.45, 7) is 0.940. The molecule has 6 nitrogen and oxygen atoms in total. The van der Waals surface area contributed by atoms with E-state index in [0.717, 1.165) is 12.8 Å². The highest BCUT2D eigenvalue weighted by Crippen LogP contribution is 2.15. The molecule has 0 N–H and O–H groups in total. The number of benzene rings is 1. The Kier molecular flexibility index (Phi) is 3.88. The Balaban J connectivity index is 1.89. The van der Waals surface area contributed by atoms with Crippen molar-refractivity contribution in [3.05, 3.63) is 39.9 Å². The molecule has 1 fully saturated rings. The lowest BCUT2D eigenvalue weighted by atomic mass is 10.2. The predicted molar refractivity (Wildman–Crippen MR) is 62.4 cm³/mol. The maximum Gasteiger partial charge on any atom is 0.338 e. The van der Waals surface area contributed by atoms with Crippen LogP contribution in [0.4, 0.5) is 5.69 Å². The Hall–Kier alpha value is -1.95. The fraction of sp³-hybridized carbons (Fsp3) is 0.417. The number of nitrogens with zero attached hydrogens (tertiary/aromatic N) is 1. The van der Waals surface area contributed by atoms with Crippen molar-refractivity contribution in [1.82, 2.24) is 0 Å². The average molecular weight is 251 g/mol. The highest BCUT2D eigenvalue weighted by Gasteiger charge is 2.18. The summed E-state index contributed by atoms with van der Waals surface area (Å²) in [4.78, 5) is 21.6. The molecule has 1 saturated heterocycles. The summed E-state index contributed by atoms with van der Waals surface area (Å²) in [5.74, 6) is -0.486. The molecule has 1 aromatic carbocycles. The standard InChI is InChI=1S/C12H13NO5/c14-12(18-8-11-2-1-7-17-11)9-3-5-10(6-4-9)13(15)16/h3-6,11H,1-2,7-8H2/t11-/m0/s1. The van der Waals surface area contributed by atoms with E-state index in [-0.39, 0.29) is 18.4 Å². The third kappa shape index (κ3) is 3.04. The van der Waals surface area contributed by atoms with Crippen LogP contribution in [-0.4, -0.2) is 30.2 Å².